The van der Waals surface area contributed by atoms with Crippen LogP contribution in [0.5, 0.6) is 0 Å². The van der Waals surface area contributed by atoms with Crippen molar-refractivity contribution in [3.8, 4) is 0 Å². The normalized spacial score (nSPS) is 12.8. The molecular formula is C15H25N. The van der Waals surface area contributed by atoms with Crippen LogP contribution < -0.4 is 0 Å². The summed E-state index contributed by atoms with van der Waals surface area (Å²) in [6, 6.07) is 0. The van der Waals surface area contributed by atoms with Crippen LogP contribution in [0.15, 0.2) is 40.6 Å². The first-order valence-corrected chi connectivity index (χ1v) is 6.14. The molecule has 0 bridgehead atoms. The van der Waals surface area contributed by atoms with Gasteiger partial charge in [-0.05, 0) is 44.3 Å². The summed E-state index contributed by atoms with van der Waals surface area (Å²) >= 11 is 0. The van der Waals surface area contributed by atoms with Gasteiger partial charge in [0, 0.05) is 17.5 Å². The molecule has 0 saturated carbocycles. The van der Waals surface area contributed by atoms with Gasteiger partial charge in [0.25, 0.3) is 0 Å². The van der Waals surface area contributed by atoms with E-state index >= 15 is 0 Å². The standard InChI is InChI=1S/C15H25N/c1-7-10-11-13(6)15(12(4)5)14(8-2)16-9-3/h9H,4,6-8,10-11H2,1-3,5H3/b15-14-,16-9?. The fourth-order valence-corrected chi connectivity index (χ4v) is 1.76. The molecule has 0 aromatic carbocycles. The minimum absolute atomic E-state index is 0.928. The molecule has 0 atom stereocenters. The Hall–Kier alpha value is -1.11. The molecule has 0 heterocycles. The minimum Gasteiger partial charge on any atom is -0.265 e. The van der Waals surface area contributed by atoms with E-state index in [9.17, 15) is 0 Å². The van der Waals surface area contributed by atoms with Crippen molar-refractivity contribution in [3.63, 3.8) is 0 Å². The molecule has 90 valence electrons. The maximum absolute atomic E-state index is 4.43. The van der Waals surface area contributed by atoms with E-state index in [4.69, 9.17) is 0 Å². The molecule has 0 unspecified atom stereocenters. The lowest BCUT2D eigenvalue weighted by Crippen LogP contribution is -1.96. The second-order valence-corrected chi connectivity index (χ2v) is 4.05. The number of nitrogens with zero attached hydrogens (tertiary/aromatic N) is 1. The number of hydrogen-bond donors (Lipinski definition) is 0. The zero-order valence-electron chi connectivity index (χ0n) is 11.3. The monoisotopic (exact) mass is 219 g/mol. The van der Waals surface area contributed by atoms with E-state index in [1.807, 2.05) is 20.1 Å². The number of aliphatic imine (C=N–C) groups is 1. The van der Waals surface area contributed by atoms with E-state index in [1.54, 1.807) is 0 Å². The summed E-state index contributed by atoms with van der Waals surface area (Å²) in [6.45, 7) is 16.5. The molecule has 0 aromatic heterocycles. The maximum Gasteiger partial charge on any atom is 0.0474 e. The van der Waals surface area contributed by atoms with Crippen LogP contribution in [0.25, 0.3) is 0 Å². The zero-order valence-corrected chi connectivity index (χ0v) is 11.3. The van der Waals surface area contributed by atoms with Crippen LogP contribution >= 0.6 is 0 Å². The van der Waals surface area contributed by atoms with Crippen molar-refractivity contribution in [2.45, 2.75) is 53.4 Å². The average molecular weight is 219 g/mol. The molecule has 0 fully saturated rings. The van der Waals surface area contributed by atoms with Gasteiger partial charge in [-0.1, -0.05) is 33.4 Å². The highest BCUT2D eigenvalue weighted by Gasteiger charge is 2.09. The van der Waals surface area contributed by atoms with Gasteiger partial charge < -0.3 is 0 Å². The third-order valence-corrected chi connectivity index (χ3v) is 2.52. The molecule has 0 radical (unpaired) electrons. The average Bonchev–Trinajstić information content (AvgIpc) is 2.25. The van der Waals surface area contributed by atoms with Crippen molar-refractivity contribution >= 4 is 6.21 Å². The van der Waals surface area contributed by atoms with Gasteiger partial charge in [-0.15, -0.1) is 0 Å². The Labute approximate surface area is 101 Å². The summed E-state index contributed by atoms with van der Waals surface area (Å²) in [7, 11) is 0. The van der Waals surface area contributed by atoms with Gasteiger partial charge in [-0.2, -0.15) is 0 Å². The molecular weight excluding hydrogens is 194 g/mol. The van der Waals surface area contributed by atoms with Crippen molar-refractivity contribution in [1.82, 2.24) is 0 Å². The molecule has 0 saturated heterocycles. The Bertz CT molecular complexity index is 305. The van der Waals surface area contributed by atoms with E-state index < -0.39 is 0 Å². The van der Waals surface area contributed by atoms with Gasteiger partial charge in [0.2, 0.25) is 0 Å². The Morgan fingerprint density at radius 2 is 1.88 bits per heavy atom. The Morgan fingerprint density at radius 1 is 1.25 bits per heavy atom. The second kappa shape index (κ2) is 8.09. The molecule has 0 aliphatic carbocycles. The predicted octanol–water partition coefficient (Wildman–Crippen LogP) is 5.06. The fourth-order valence-electron chi connectivity index (χ4n) is 1.76. The van der Waals surface area contributed by atoms with Gasteiger partial charge >= 0.3 is 0 Å². The van der Waals surface area contributed by atoms with Crippen molar-refractivity contribution in [3.05, 3.63) is 35.6 Å². The Kier molecular flexibility index (Phi) is 7.53. The Morgan fingerprint density at radius 3 is 2.25 bits per heavy atom. The summed E-state index contributed by atoms with van der Waals surface area (Å²) in [5, 5.41) is 0. The lowest BCUT2D eigenvalue weighted by Gasteiger charge is -2.14. The first kappa shape index (κ1) is 14.9. The van der Waals surface area contributed by atoms with Crippen LogP contribution in [-0.4, -0.2) is 6.21 Å². The third kappa shape index (κ3) is 4.61. The number of allylic oxidation sites excluding steroid dienone is 4. The first-order chi connectivity index (χ1) is 7.58. The third-order valence-electron chi connectivity index (χ3n) is 2.52. The van der Waals surface area contributed by atoms with Crippen LogP contribution in [-0.2, 0) is 0 Å². The molecule has 0 rings (SSSR count). The summed E-state index contributed by atoms with van der Waals surface area (Å²) in [6.07, 6.45) is 6.19. The van der Waals surface area contributed by atoms with Crippen molar-refractivity contribution in [2.75, 3.05) is 0 Å². The van der Waals surface area contributed by atoms with Crippen LogP contribution in [0, 0.1) is 0 Å². The van der Waals surface area contributed by atoms with E-state index in [0.717, 1.165) is 24.1 Å². The summed E-state index contributed by atoms with van der Waals surface area (Å²) in [5.74, 6) is 0. The summed E-state index contributed by atoms with van der Waals surface area (Å²) in [5.41, 5.74) is 4.53. The molecule has 1 heteroatoms. The summed E-state index contributed by atoms with van der Waals surface area (Å²) in [4.78, 5) is 4.43. The van der Waals surface area contributed by atoms with Crippen molar-refractivity contribution < 1.29 is 0 Å². The van der Waals surface area contributed by atoms with E-state index in [1.165, 1.54) is 24.0 Å². The van der Waals surface area contributed by atoms with Crippen LogP contribution in [0.3, 0.4) is 0 Å². The van der Waals surface area contributed by atoms with Crippen LogP contribution in [0.4, 0.5) is 0 Å². The lowest BCUT2D eigenvalue weighted by atomic mass is 9.94. The van der Waals surface area contributed by atoms with Gasteiger partial charge in [-0.3, -0.25) is 4.99 Å². The summed E-state index contributed by atoms with van der Waals surface area (Å²) < 4.78 is 0. The van der Waals surface area contributed by atoms with Crippen LogP contribution in [0.1, 0.15) is 53.4 Å². The molecule has 0 N–H and O–H groups in total. The quantitative estimate of drug-likeness (QED) is 0.419. The number of unbranched alkanes of at least 4 members (excludes halogenated alkanes) is 1. The van der Waals surface area contributed by atoms with Gasteiger partial charge in [0.15, 0.2) is 0 Å². The molecule has 0 aromatic rings. The number of rotatable bonds is 7. The van der Waals surface area contributed by atoms with E-state index in [0.29, 0.717) is 0 Å². The topological polar surface area (TPSA) is 12.4 Å². The molecule has 0 amide bonds. The molecule has 1 nitrogen and oxygen atoms in total. The largest absolute Gasteiger partial charge is 0.265 e. The van der Waals surface area contributed by atoms with Crippen LogP contribution in [0.2, 0.25) is 0 Å². The zero-order chi connectivity index (χ0) is 12.6. The van der Waals surface area contributed by atoms with E-state index in [-0.39, 0.29) is 0 Å². The maximum atomic E-state index is 4.43. The molecule has 0 aliphatic rings. The lowest BCUT2D eigenvalue weighted by molar-refractivity contribution is 0.791. The predicted molar refractivity (Wildman–Crippen MR) is 75.0 cm³/mol. The second-order valence-electron chi connectivity index (χ2n) is 4.05. The van der Waals surface area contributed by atoms with Gasteiger partial charge in [0.1, 0.15) is 0 Å². The Balaban J connectivity index is 5.11. The molecule has 0 aliphatic heterocycles. The van der Waals surface area contributed by atoms with E-state index in [2.05, 4.69) is 32.0 Å². The highest BCUT2D eigenvalue weighted by Crippen LogP contribution is 2.26. The van der Waals surface area contributed by atoms with Crippen molar-refractivity contribution in [1.29, 1.82) is 0 Å². The SMILES string of the molecule is C=C(C)/C(C(=C)CCCC)=C(\CC)N=CC. The highest BCUT2D eigenvalue weighted by atomic mass is 14.7. The smallest absolute Gasteiger partial charge is 0.0474 e. The molecule has 0 spiro atoms. The molecule has 16 heavy (non-hydrogen) atoms. The highest BCUT2D eigenvalue weighted by molar-refractivity contribution is 5.57. The van der Waals surface area contributed by atoms with Gasteiger partial charge in [-0.25, -0.2) is 0 Å². The van der Waals surface area contributed by atoms with Crippen molar-refractivity contribution in [2.24, 2.45) is 4.99 Å². The first-order valence-electron chi connectivity index (χ1n) is 6.14. The fraction of sp³-hybridized carbons (Fsp3) is 0.533. The number of hydrogen-bond acceptors (Lipinski definition) is 1. The van der Waals surface area contributed by atoms with Gasteiger partial charge in [0.05, 0.1) is 0 Å². The minimum atomic E-state index is 0.928.